The molecule has 8 nitrogen and oxygen atoms in total. The van der Waals surface area contributed by atoms with Crippen LogP contribution in [0.15, 0.2) is 77.7 Å². The van der Waals surface area contributed by atoms with Crippen LogP contribution in [0, 0.1) is 13.8 Å². The van der Waals surface area contributed by atoms with Gasteiger partial charge in [-0.1, -0.05) is 54.4 Å². The Bertz CT molecular complexity index is 1360. The molecule has 0 bridgehead atoms. The number of aryl methyl sites for hydroxylation is 2. The minimum Gasteiger partial charge on any atom is -0.497 e. The summed E-state index contributed by atoms with van der Waals surface area (Å²) in [6.07, 6.45) is 0.754. The van der Waals surface area contributed by atoms with Crippen molar-refractivity contribution in [3.63, 3.8) is 0 Å². The number of carbonyl (C=O) groups is 2. The first-order valence-electron chi connectivity index (χ1n) is 12.9. The fraction of sp³-hybridized carbons (Fsp3) is 0.333. The van der Waals surface area contributed by atoms with Gasteiger partial charge in [-0.15, -0.1) is 0 Å². The molecule has 1 atom stereocenters. The molecule has 3 aromatic rings. The van der Waals surface area contributed by atoms with Crippen molar-refractivity contribution in [2.45, 2.75) is 51.6 Å². The molecule has 208 valence electrons. The predicted molar refractivity (Wildman–Crippen MR) is 153 cm³/mol. The summed E-state index contributed by atoms with van der Waals surface area (Å²) >= 11 is 0. The fourth-order valence-corrected chi connectivity index (χ4v) is 5.40. The van der Waals surface area contributed by atoms with Crippen LogP contribution in [0.5, 0.6) is 5.75 Å². The Morgan fingerprint density at radius 1 is 0.897 bits per heavy atom. The molecule has 39 heavy (non-hydrogen) atoms. The van der Waals surface area contributed by atoms with Crippen molar-refractivity contribution in [1.82, 2.24) is 10.2 Å². The zero-order chi connectivity index (χ0) is 28.6. The molecule has 3 rings (SSSR count). The van der Waals surface area contributed by atoms with E-state index in [0.29, 0.717) is 18.0 Å². The first kappa shape index (κ1) is 29.7. The second kappa shape index (κ2) is 13.3. The number of nitrogens with one attached hydrogen (secondary N) is 1. The summed E-state index contributed by atoms with van der Waals surface area (Å²) in [5.41, 5.74) is 3.13. The number of nitrogens with zero attached hydrogens (tertiary/aromatic N) is 2. The van der Waals surface area contributed by atoms with E-state index in [4.69, 9.17) is 4.74 Å². The van der Waals surface area contributed by atoms with E-state index >= 15 is 0 Å². The zero-order valence-electron chi connectivity index (χ0n) is 23.2. The Kier molecular flexibility index (Phi) is 10.1. The predicted octanol–water partition coefficient (Wildman–Crippen LogP) is 4.45. The molecular weight excluding hydrogens is 514 g/mol. The van der Waals surface area contributed by atoms with Gasteiger partial charge < -0.3 is 15.0 Å². The number of hydrogen-bond donors (Lipinski definition) is 1. The fourth-order valence-electron chi connectivity index (χ4n) is 3.98. The first-order valence-corrected chi connectivity index (χ1v) is 14.4. The molecule has 0 heterocycles. The van der Waals surface area contributed by atoms with Crippen molar-refractivity contribution in [2.24, 2.45) is 0 Å². The van der Waals surface area contributed by atoms with Gasteiger partial charge in [0.15, 0.2) is 0 Å². The van der Waals surface area contributed by atoms with Crippen LogP contribution >= 0.6 is 0 Å². The number of anilines is 1. The number of amides is 2. The van der Waals surface area contributed by atoms with Crippen molar-refractivity contribution in [2.75, 3.05) is 24.5 Å². The smallest absolute Gasteiger partial charge is 0.264 e. The van der Waals surface area contributed by atoms with E-state index in [0.717, 1.165) is 27.4 Å². The maximum atomic E-state index is 13.9. The first-order chi connectivity index (χ1) is 18.6. The molecule has 1 N–H and O–H groups in total. The van der Waals surface area contributed by atoms with E-state index in [1.807, 2.05) is 45.0 Å². The Hall–Kier alpha value is -3.85. The lowest BCUT2D eigenvalue weighted by Crippen LogP contribution is -2.51. The van der Waals surface area contributed by atoms with Crippen LogP contribution in [0.1, 0.15) is 37.0 Å². The minimum atomic E-state index is -4.11. The molecule has 0 fully saturated rings. The lowest BCUT2D eigenvalue weighted by molar-refractivity contribution is -0.139. The number of hydrogen-bond acceptors (Lipinski definition) is 5. The third kappa shape index (κ3) is 7.60. The summed E-state index contributed by atoms with van der Waals surface area (Å²) in [6.45, 7) is 7.59. The lowest BCUT2D eigenvalue weighted by Gasteiger charge is -2.32. The topological polar surface area (TPSA) is 96.0 Å². The molecule has 2 amide bonds. The Morgan fingerprint density at radius 3 is 2.00 bits per heavy atom. The van der Waals surface area contributed by atoms with Crippen molar-refractivity contribution in [3.05, 3.63) is 89.5 Å². The molecule has 0 aromatic heterocycles. The quantitative estimate of drug-likeness (QED) is 0.359. The van der Waals surface area contributed by atoms with Crippen molar-refractivity contribution in [1.29, 1.82) is 0 Å². The average Bonchev–Trinajstić information content (AvgIpc) is 2.94. The zero-order valence-corrected chi connectivity index (χ0v) is 24.0. The van der Waals surface area contributed by atoms with Crippen LogP contribution in [-0.4, -0.2) is 51.4 Å². The summed E-state index contributed by atoms with van der Waals surface area (Å²) in [5.74, 6) is -0.240. The van der Waals surface area contributed by atoms with Gasteiger partial charge in [0.25, 0.3) is 10.0 Å². The molecule has 0 aliphatic heterocycles. The average molecular weight is 552 g/mol. The normalized spacial score (nSPS) is 11.9. The van der Waals surface area contributed by atoms with Crippen LogP contribution in [0.3, 0.4) is 0 Å². The van der Waals surface area contributed by atoms with Crippen LogP contribution in [0.4, 0.5) is 5.69 Å². The Labute approximate surface area is 231 Å². The number of methoxy groups -OCH3 is 1. The van der Waals surface area contributed by atoms with Gasteiger partial charge in [-0.05, 0) is 69.2 Å². The lowest BCUT2D eigenvalue weighted by atomic mass is 10.1. The van der Waals surface area contributed by atoms with Crippen LogP contribution < -0.4 is 14.4 Å². The molecule has 0 aliphatic carbocycles. The molecule has 0 saturated carbocycles. The second-order valence-electron chi connectivity index (χ2n) is 9.50. The second-order valence-corrected chi connectivity index (χ2v) is 11.4. The Balaban J connectivity index is 2.01. The van der Waals surface area contributed by atoms with E-state index in [1.165, 1.54) is 24.1 Å². The van der Waals surface area contributed by atoms with Gasteiger partial charge in [0, 0.05) is 13.1 Å². The molecule has 9 heteroatoms. The molecule has 0 radical (unpaired) electrons. The number of ether oxygens (including phenoxy) is 1. The molecule has 0 aliphatic rings. The SMILES string of the molecule is CCCNC(=O)[C@H](C)N(Cc1ccc(C)cc1)C(=O)CN(c1ccc(OC)cc1)S(=O)(=O)c1ccc(C)cc1. The summed E-state index contributed by atoms with van der Waals surface area (Å²) < 4.78 is 34.0. The standard InChI is InChI=1S/C30H37N3O5S/c1-6-19-31-30(35)24(4)32(20-25-11-7-22(2)8-12-25)29(34)21-33(26-13-15-27(38-5)16-14-26)39(36,37)28-17-9-23(3)10-18-28/h7-18,24H,6,19-21H2,1-5H3,(H,31,35)/t24-/m0/s1. The van der Waals surface area contributed by atoms with Gasteiger partial charge in [-0.2, -0.15) is 0 Å². The monoisotopic (exact) mass is 551 g/mol. The van der Waals surface area contributed by atoms with Gasteiger partial charge in [0.05, 0.1) is 17.7 Å². The summed E-state index contributed by atoms with van der Waals surface area (Å²) in [7, 11) is -2.59. The summed E-state index contributed by atoms with van der Waals surface area (Å²) in [4.78, 5) is 28.3. The highest BCUT2D eigenvalue weighted by Gasteiger charge is 2.32. The number of carbonyl (C=O) groups excluding carboxylic acids is 2. The summed E-state index contributed by atoms with van der Waals surface area (Å²) in [5, 5.41) is 2.84. The van der Waals surface area contributed by atoms with E-state index < -0.39 is 28.5 Å². The summed E-state index contributed by atoms with van der Waals surface area (Å²) in [6, 6.07) is 19.8. The van der Waals surface area contributed by atoms with E-state index in [9.17, 15) is 18.0 Å². The van der Waals surface area contributed by atoms with Gasteiger partial charge in [0.1, 0.15) is 18.3 Å². The van der Waals surface area contributed by atoms with Crippen molar-refractivity contribution >= 4 is 27.5 Å². The largest absolute Gasteiger partial charge is 0.497 e. The highest BCUT2D eigenvalue weighted by atomic mass is 32.2. The van der Waals surface area contributed by atoms with E-state index in [-0.39, 0.29) is 17.3 Å². The van der Waals surface area contributed by atoms with Gasteiger partial charge in [-0.25, -0.2) is 8.42 Å². The molecule has 0 saturated heterocycles. The highest BCUT2D eigenvalue weighted by Crippen LogP contribution is 2.27. The highest BCUT2D eigenvalue weighted by molar-refractivity contribution is 7.92. The maximum Gasteiger partial charge on any atom is 0.264 e. The van der Waals surface area contributed by atoms with Crippen molar-refractivity contribution in [3.8, 4) is 5.75 Å². The van der Waals surface area contributed by atoms with Gasteiger partial charge in [-0.3, -0.25) is 13.9 Å². The van der Waals surface area contributed by atoms with E-state index in [2.05, 4.69) is 5.32 Å². The van der Waals surface area contributed by atoms with Gasteiger partial charge >= 0.3 is 0 Å². The van der Waals surface area contributed by atoms with Crippen LogP contribution in [-0.2, 0) is 26.2 Å². The number of benzene rings is 3. The molecule has 0 unspecified atom stereocenters. The van der Waals surface area contributed by atoms with Crippen LogP contribution in [0.2, 0.25) is 0 Å². The minimum absolute atomic E-state index is 0.0653. The number of rotatable bonds is 12. The van der Waals surface area contributed by atoms with Crippen molar-refractivity contribution < 1.29 is 22.7 Å². The number of sulfonamides is 1. The third-order valence-electron chi connectivity index (χ3n) is 6.44. The third-order valence-corrected chi connectivity index (χ3v) is 8.23. The molecule has 0 spiro atoms. The van der Waals surface area contributed by atoms with Crippen LogP contribution in [0.25, 0.3) is 0 Å². The molecular formula is C30H37N3O5S. The molecule has 3 aromatic carbocycles. The maximum absolute atomic E-state index is 13.9. The van der Waals surface area contributed by atoms with E-state index in [1.54, 1.807) is 43.3 Å². The Morgan fingerprint density at radius 2 is 1.46 bits per heavy atom. The van der Waals surface area contributed by atoms with Gasteiger partial charge in [0.2, 0.25) is 11.8 Å².